The van der Waals surface area contributed by atoms with Crippen LogP contribution >= 0.6 is 0 Å². The predicted octanol–water partition coefficient (Wildman–Crippen LogP) is 1.79. The number of H-pyrrole nitrogens is 1. The van der Waals surface area contributed by atoms with Crippen LogP contribution in [0.2, 0.25) is 0 Å². The number of anilines is 1. The summed E-state index contributed by atoms with van der Waals surface area (Å²) in [6.07, 6.45) is 3.39. The Morgan fingerprint density at radius 2 is 2.28 bits per heavy atom. The van der Waals surface area contributed by atoms with Gasteiger partial charge in [-0.2, -0.15) is 0 Å². The smallest absolute Gasteiger partial charge is 0.252 e. The number of aromatic amines is 1. The highest BCUT2D eigenvalue weighted by Crippen LogP contribution is 2.14. The van der Waals surface area contributed by atoms with Crippen LogP contribution in [0.25, 0.3) is 0 Å². The molecule has 0 aliphatic carbocycles. The Morgan fingerprint density at radius 3 is 2.89 bits per heavy atom. The standard InChI is InChI=1S/C13H16N4O/c1-8-7-10(14)3-4-11(8)13(18)17-9(2)12-15-5-6-16-12/h3-7,9H,14H2,1-2H3,(H,15,16)(H,17,18). The van der Waals surface area contributed by atoms with Crippen LogP contribution in [-0.2, 0) is 0 Å². The molecule has 1 aromatic heterocycles. The molecule has 0 saturated heterocycles. The molecule has 0 aliphatic rings. The van der Waals surface area contributed by atoms with Gasteiger partial charge in [0, 0.05) is 23.6 Å². The van der Waals surface area contributed by atoms with Crippen molar-refractivity contribution in [3.8, 4) is 0 Å². The predicted molar refractivity (Wildman–Crippen MR) is 70.1 cm³/mol. The van der Waals surface area contributed by atoms with E-state index in [-0.39, 0.29) is 11.9 Å². The second kappa shape index (κ2) is 4.91. The van der Waals surface area contributed by atoms with Gasteiger partial charge < -0.3 is 16.0 Å². The number of carbonyl (C=O) groups is 1. The molecule has 1 aromatic carbocycles. The molecule has 94 valence electrons. The number of nitrogen functional groups attached to an aromatic ring is 1. The van der Waals surface area contributed by atoms with Crippen LogP contribution in [0.1, 0.15) is 34.7 Å². The zero-order chi connectivity index (χ0) is 13.1. The minimum Gasteiger partial charge on any atom is -0.399 e. The quantitative estimate of drug-likeness (QED) is 0.720. The summed E-state index contributed by atoms with van der Waals surface area (Å²) in [6, 6.07) is 5.07. The van der Waals surface area contributed by atoms with E-state index in [9.17, 15) is 4.79 Å². The number of nitrogens with two attached hydrogens (primary N) is 1. The lowest BCUT2D eigenvalue weighted by Crippen LogP contribution is -2.27. The number of hydrogen-bond acceptors (Lipinski definition) is 3. The lowest BCUT2D eigenvalue weighted by atomic mass is 10.1. The normalized spacial score (nSPS) is 12.1. The summed E-state index contributed by atoms with van der Waals surface area (Å²) in [7, 11) is 0. The minimum atomic E-state index is -0.163. The summed E-state index contributed by atoms with van der Waals surface area (Å²) in [4.78, 5) is 19.2. The molecule has 0 fully saturated rings. The molecule has 0 radical (unpaired) electrons. The highest BCUT2D eigenvalue weighted by Gasteiger charge is 2.14. The highest BCUT2D eigenvalue weighted by atomic mass is 16.1. The number of hydrogen-bond donors (Lipinski definition) is 3. The van der Waals surface area contributed by atoms with E-state index in [2.05, 4.69) is 15.3 Å². The number of nitrogens with zero attached hydrogens (tertiary/aromatic N) is 1. The fourth-order valence-corrected chi connectivity index (χ4v) is 1.80. The van der Waals surface area contributed by atoms with Gasteiger partial charge in [0.2, 0.25) is 0 Å². The molecule has 0 saturated carbocycles. The van der Waals surface area contributed by atoms with Gasteiger partial charge in [-0.3, -0.25) is 4.79 Å². The second-order valence-electron chi connectivity index (χ2n) is 4.24. The Bertz CT molecular complexity index is 548. The average molecular weight is 244 g/mol. The molecule has 1 amide bonds. The summed E-state index contributed by atoms with van der Waals surface area (Å²) in [5, 5.41) is 2.89. The molecule has 0 bridgehead atoms. The molecule has 2 rings (SSSR count). The van der Waals surface area contributed by atoms with E-state index in [0.717, 1.165) is 11.4 Å². The summed E-state index contributed by atoms with van der Waals surface area (Å²) in [5.41, 5.74) is 7.80. The Morgan fingerprint density at radius 1 is 1.50 bits per heavy atom. The van der Waals surface area contributed by atoms with Gasteiger partial charge in [0.15, 0.2) is 0 Å². The van der Waals surface area contributed by atoms with E-state index in [1.165, 1.54) is 0 Å². The Labute approximate surface area is 105 Å². The maximum Gasteiger partial charge on any atom is 0.252 e. The van der Waals surface area contributed by atoms with Crippen molar-refractivity contribution in [1.29, 1.82) is 0 Å². The van der Waals surface area contributed by atoms with Gasteiger partial charge in [0.25, 0.3) is 5.91 Å². The van der Waals surface area contributed by atoms with Crippen molar-refractivity contribution < 1.29 is 4.79 Å². The van der Waals surface area contributed by atoms with Crippen molar-refractivity contribution in [3.05, 3.63) is 47.5 Å². The van der Waals surface area contributed by atoms with E-state index in [1.54, 1.807) is 30.6 Å². The molecular weight excluding hydrogens is 228 g/mol. The second-order valence-corrected chi connectivity index (χ2v) is 4.24. The van der Waals surface area contributed by atoms with Crippen LogP contribution in [0.4, 0.5) is 5.69 Å². The zero-order valence-electron chi connectivity index (χ0n) is 10.4. The fraction of sp³-hybridized carbons (Fsp3) is 0.231. The number of amides is 1. The fourth-order valence-electron chi connectivity index (χ4n) is 1.80. The third-order valence-electron chi connectivity index (χ3n) is 2.77. The Balaban J connectivity index is 2.12. The molecule has 5 heteroatoms. The lowest BCUT2D eigenvalue weighted by molar-refractivity contribution is 0.0938. The van der Waals surface area contributed by atoms with Crippen LogP contribution in [0.5, 0.6) is 0 Å². The van der Waals surface area contributed by atoms with Gasteiger partial charge in [-0.1, -0.05) is 0 Å². The van der Waals surface area contributed by atoms with Gasteiger partial charge in [-0.15, -0.1) is 0 Å². The van der Waals surface area contributed by atoms with Gasteiger partial charge in [0.05, 0.1) is 6.04 Å². The SMILES string of the molecule is Cc1cc(N)ccc1C(=O)NC(C)c1ncc[nH]1. The first-order valence-electron chi connectivity index (χ1n) is 5.74. The number of benzene rings is 1. The van der Waals surface area contributed by atoms with Crippen LogP contribution in [0.3, 0.4) is 0 Å². The van der Waals surface area contributed by atoms with Gasteiger partial charge in [-0.05, 0) is 37.6 Å². The van der Waals surface area contributed by atoms with Gasteiger partial charge >= 0.3 is 0 Å². The minimum absolute atomic E-state index is 0.128. The Hall–Kier alpha value is -2.30. The van der Waals surface area contributed by atoms with Crippen molar-refractivity contribution in [2.45, 2.75) is 19.9 Å². The lowest BCUT2D eigenvalue weighted by Gasteiger charge is -2.13. The molecule has 0 spiro atoms. The molecule has 4 N–H and O–H groups in total. The molecule has 5 nitrogen and oxygen atoms in total. The van der Waals surface area contributed by atoms with E-state index in [0.29, 0.717) is 11.3 Å². The average Bonchev–Trinajstić information content (AvgIpc) is 2.81. The number of nitrogens with one attached hydrogen (secondary N) is 2. The monoisotopic (exact) mass is 244 g/mol. The largest absolute Gasteiger partial charge is 0.399 e. The van der Waals surface area contributed by atoms with Crippen LogP contribution in [-0.4, -0.2) is 15.9 Å². The first kappa shape index (κ1) is 12.2. The first-order valence-corrected chi connectivity index (χ1v) is 5.74. The maximum absolute atomic E-state index is 12.1. The zero-order valence-corrected chi connectivity index (χ0v) is 10.4. The van der Waals surface area contributed by atoms with Crippen molar-refractivity contribution in [1.82, 2.24) is 15.3 Å². The number of aromatic nitrogens is 2. The van der Waals surface area contributed by atoms with Crippen molar-refractivity contribution >= 4 is 11.6 Å². The molecule has 1 atom stereocenters. The Kier molecular flexibility index (Phi) is 3.32. The number of rotatable bonds is 3. The number of carbonyl (C=O) groups excluding carboxylic acids is 1. The number of aryl methyl sites for hydroxylation is 1. The molecule has 2 aromatic rings. The van der Waals surface area contributed by atoms with Crippen LogP contribution < -0.4 is 11.1 Å². The number of imidazole rings is 1. The molecule has 18 heavy (non-hydrogen) atoms. The third kappa shape index (κ3) is 2.51. The summed E-state index contributed by atoms with van der Waals surface area (Å²) in [5.74, 6) is 0.604. The van der Waals surface area contributed by atoms with E-state index in [1.807, 2.05) is 13.8 Å². The van der Waals surface area contributed by atoms with Gasteiger partial charge in [-0.25, -0.2) is 4.98 Å². The third-order valence-corrected chi connectivity index (χ3v) is 2.77. The summed E-state index contributed by atoms with van der Waals surface area (Å²) >= 11 is 0. The maximum atomic E-state index is 12.1. The molecule has 1 unspecified atom stereocenters. The van der Waals surface area contributed by atoms with Crippen molar-refractivity contribution in [3.63, 3.8) is 0 Å². The van der Waals surface area contributed by atoms with Crippen molar-refractivity contribution in [2.24, 2.45) is 0 Å². The van der Waals surface area contributed by atoms with Crippen molar-refractivity contribution in [2.75, 3.05) is 5.73 Å². The highest BCUT2D eigenvalue weighted by molar-refractivity contribution is 5.96. The molecular formula is C13H16N4O. The van der Waals surface area contributed by atoms with E-state index >= 15 is 0 Å². The van der Waals surface area contributed by atoms with Crippen LogP contribution in [0.15, 0.2) is 30.6 Å². The van der Waals surface area contributed by atoms with E-state index in [4.69, 9.17) is 5.73 Å². The topological polar surface area (TPSA) is 83.8 Å². The van der Waals surface area contributed by atoms with Crippen LogP contribution in [0, 0.1) is 6.92 Å². The first-order chi connectivity index (χ1) is 8.58. The van der Waals surface area contributed by atoms with Gasteiger partial charge in [0.1, 0.15) is 5.82 Å². The van der Waals surface area contributed by atoms with E-state index < -0.39 is 0 Å². The summed E-state index contributed by atoms with van der Waals surface area (Å²) in [6.45, 7) is 3.74. The molecule has 1 heterocycles. The summed E-state index contributed by atoms with van der Waals surface area (Å²) < 4.78 is 0. The molecule has 0 aliphatic heterocycles.